The minimum Gasteiger partial charge on any atom is -0.491 e. The maximum absolute atomic E-state index is 13.9. The number of likely N-dealkylation sites (tertiary alicyclic amines) is 1. The Morgan fingerprint density at radius 1 is 1.00 bits per heavy atom. The molecule has 1 fully saturated rings. The van der Waals surface area contributed by atoms with Crippen molar-refractivity contribution in [2.75, 3.05) is 19.7 Å². The predicted octanol–water partition coefficient (Wildman–Crippen LogP) is 6.39. The van der Waals surface area contributed by atoms with E-state index in [2.05, 4.69) is 70.3 Å². The lowest BCUT2D eigenvalue weighted by Gasteiger charge is -2.39. The molecule has 0 bridgehead atoms. The molecule has 2 aliphatic heterocycles. The zero-order valence-electron chi connectivity index (χ0n) is 21.0. The lowest BCUT2D eigenvalue weighted by molar-refractivity contribution is 0.110. The number of benzene rings is 3. The summed E-state index contributed by atoms with van der Waals surface area (Å²) in [6.07, 6.45) is 3.21. The molecule has 0 saturated carbocycles. The minimum absolute atomic E-state index is 0.110. The molecule has 0 radical (unpaired) electrons. The third-order valence-electron chi connectivity index (χ3n) is 7.54. The highest BCUT2D eigenvalue weighted by molar-refractivity contribution is 5.82. The fourth-order valence-electron chi connectivity index (χ4n) is 5.68. The topological polar surface area (TPSA) is 61.5 Å². The van der Waals surface area contributed by atoms with Gasteiger partial charge in [-0.25, -0.2) is 9.78 Å². The summed E-state index contributed by atoms with van der Waals surface area (Å²) in [4.78, 5) is 25.8. The van der Waals surface area contributed by atoms with E-state index >= 15 is 0 Å². The number of fused-ring (bicyclic) bond motifs is 2. The minimum atomic E-state index is 0.110. The van der Waals surface area contributed by atoms with Gasteiger partial charge in [0.05, 0.1) is 30.2 Å². The molecular formula is C30H32N4O2. The number of piperidine rings is 1. The van der Waals surface area contributed by atoms with Crippen LogP contribution in [0, 0.1) is 13.8 Å². The molecule has 6 rings (SSSR count). The molecule has 36 heavy (non-hydrogen) atoms. The first-order valence-electron chi connectivity index (χ1n) is 12.9. The van der Waals surface area contributed by atoms with Crippen molar-refractivity contribution in [2.45, 2.75) is 45.7 Å². The van der Waals surface area contributed by atoms with Gasteiger partial charge in [-0.05, 0) is 79.6 Å². The number of H-pyrrole nitrogens is 1. The third kappa shape index (κ3) is 4.21. The number of aryl methyl sites for hydroxylation is 2. The van der Waals surface area contributed by atoms with Gasteiger partial charge in [0.2, 0.25) is 0 Å². The first-order valence-corrected chi connectivity index (χ1v) is 12.9. The molecule has 184 valence electrons. The Bertz CT molecular complexity index is 1430. The summed E-state index contributed by atoms with van der Waals surface area (Å²) in [6, 6.07) is 21.3. The van der Waals surface area contributed by atoms with Crippen LogP contribution in [0.5, 0.6) is 5.75 Å². The summed E-state index contributed by atoms with van der Waals surface area (Å²) in [5.41, 5.74) is 7.78. The smallest absolute Gasteiger partial charge is 0.320 e. The van der Waals surface area contributed by atoms with Crippen molar-refractivity contribution >= 4 is 17.1 Å². The molecule has 0 aliphatic carbocycles. The molecule has 1 unspecified atom stereocenters. The lowest BCUT2D eigenvalue weighted by Crippen LogP contribution is -2.47. The summed E-state index contributed by atoms with van der Waals surface area (Å²) in [7, 11) is 0. The number of ether oxygens (including phenoxy) is 1. The van der Waals surface area contributed by atoms with Crippen LogP contribution in [-0.2, 0) is 6.54 Å². The fourth-order valence-corrected chi connectivity index (χ4v) is 5.68. The van der Waals surface area contributed by atoms with Crippen molar-refractivity contribution in [1.29, 1.82) is 0 Å². The van der Waals surface area contributed by atoms with Gasteiger partial charge in [0.1, 0.15) is 18.2 Å². The molecule has 3 aromatic carbocycles. The first-order chi connectivity index (χ1) is 17.6. The van der Waals surface area contributed by atoms with Crippen molar-refractivity contribution in [2.24, 2.45) is 0 Å². The van der Waals surface area contributed by atoms with Gasteiger partial charge in [-0.15, -0.1) is 0 Å². The number of imidazole rings is 1. The number of hydrogen-bond acceptors (Lipinski definition) is 3. The summed E-state index contributed by atoms with van der Waals surface area (Å²) < 4.78 is 6.08. The van der Waals surface area contributed by atoms with E-state index in [1.165, 1.54) is 11.1 Å². The summed E-state index contributed by atoms with van der Waals surface area (Å²) in [6.45, 7) is 6.54. The summed E-state index contributed by atoms with van der Waals surface area (Å²) in [5.74, 6) is 1.77. The number of rotatable bonds is 2. The zero-order valence-corrected chi connectivity index (χ0v) is 21.0. The molecular weight excluding hydrogens is 448 g/mol. The maximum Gasteiger partial charge on any atom is 0.320 e. The molecule has 6 nitrogen and oxygen atoms in total. The van der Waals surface area contributed by atoms with Crippen LogP contribution in [0.15, 0.2) is 60.7 Å². The first kappa shape index (κ1) is 22.7. The van der Waals surface area contributed by atoms with Gasteiger partial charge >= 0.3 is 6.03 Å². The Morgan fingerprint density at radius 2 is 1.83 bits per heavy atom. The van der Waals surface area contributed by atoms with Crippen molar-refractivity contribution in [1.82, 2.24) is 19.8 Å². The molecule has 1 saturated heterocycles. The maximum atomic E-state index is 13.9. The molecule has 4 aromatic rings. The number of nitrogens with one attached hydrogen (secondary N) is 1. The highest BCUT2D eigenvalue weighted by Crippen LogP contribution is 2.35. The van der Waals surface area contributed by atoms with Crippen LogP contribution in [0.3, 0.4) is 0 Å². The number of carbonyl (C=O) groups excluding carboxylic acids is 1. The summed E-state index contributed by atoms with van der Waals surface area (Å²) >= 11 is 0. The number of hydrogen-bond donors (Lipinski definition) is 1. The second-order valence-electron chi connectivity index (χ2n) is 9.99. The quantitative estimate of drug-likeness (QED) is 0.362. The van der Waals surface area contributed by atoms with Crippen molar-refractivity contribution in [3.8, 4) is 16.9 Å². The standard InChI is InChI=1S/C30H32N4O2/c1-20-7-3-4-8-25(20)28-9-5-6-14-34(28)30(35)33-15-16-36-29-13-11-22(17-24(29)19-33)23-10-12-26-27(18-23)32-21(2)31-26/h3-4,7-8,10-13,17-18,28H,5-6,9,14-16,19H2,1-2H3,(H,31,32). The molecule has 3 heterocycles. The molecule has 1 aromatic heterocycles. The molecule has 0 spiro atoms. The van der Waals surface area contributed by atoms with Crippen molar-refractivity contribution in [3.05, 3.63) is 83.2 Å². The van der Waals surface area contributed by atoms with E-state index in [0.717, 1.165) is 65.1 Å². The SMILES string of the molecule is Cc1nc2ccc(-c3ccc4c(c3)CN(C(=O)N3CCCCC3c3ccccc3C)CCO4)cc2[nH]1. The van der Waals surface area contributed by atoms with Gasteiger partial charge in [-0.3, -0.25) is 0 Å². The van der Waals surface area contributed by atoms with Crippen LogP contribution >= 0.6 is 0 Å². The molecule has 6 heteroatoms. The second-order valence-corrected chi connectivity index (χ2v) is 9.99. The number of aromatic amines is 1. The van der Waals surface area contributed by atoms with Gasteiger partial charge in [0.25, 0.3) is 0 Å². The van der Waals surface area contributed by atoms with Crippen LogP contribution in [0.2, 0.25) is 0 Å². The van der Waals surface area contributed by atoms with E-state index in [-0.39, 0.29) is 12.1 Å². The van der Waals surface area contributed by atoms with Gasteiger partial charge < -0.3 is 19.5 Å². The van der Waals surface area contributed by atoms with Crippen LogP contribution in [-0.4, -0.2) is 45.5 Å². The Balaban J connectivity index is 1.28. The largest absolute Gasteiger partial charge is 0.491 e. The Morgan fingerprint density at radius 3 is 2.72 bits per heavy atom. The zero-order chi connectivity index (χ0) is 24.6. The Kier molecular flexibility index (Phi) is 5.88. The van der Waals surface area contributed by atoms with Crippen LogP contribution in [0.25, 0.3) is 22.2 Å². The van der Waals surface area contributed by atoms with E-state index in [1.54, 1.807) is 0 Å². The average molecular weight is 481 g/mol. The molecule has 2 aliphatic rings. The van der Waals surface area contributed by atoms with Crippen LogP contribution < -0.4 is 4.74 Å². The molecule has 1 atom stereocenters. The van der Waals surface area contributed by atoms with E-state index in [4.69, 9.17) is 4.74 Å². The van der Waals surface area contributed by atoms with E-state index in [0.29, 0.717) is 19.7 Å². The van der Waals surface area contributed by atoms with E-state index in [1.807, 2.05) is 24.0 Å². The molecule has 2 amide bonds. The average Bonchev–Trinajstić information content (AvgIpc) is 3.14. The van der Waals surface area contributed by atoms with Gasteiger partial charge in [-0.1, -0.05) is 36.4 Å². The number of urea groups is 1. The van der Waals surface area contributed by atoms with Gasteiger partial charge in [0.15, 0.2) is 0 Å². The normalized spacial score (nSPS) is 18.0. The Hall–Kier alpha value is -3.80. The number of carbonyl (C=O) groups is 1. The van der Waals surface area contributed by atoms with Crippen molar-refractivity contribution < 1.29 is 9.53 Å². The predicted molar refractivity (Wildman–Crippen MR) is 142 cm³/mol. The van der Waals surface area contributed by atoms with Gasteiger partial charge in [0, 0.05) is 12.1 Å². The third-order valence-corrected chi connectivity index (χ3v) is 7.54. The number of amides is 2. The van der Waals surface area contributed by atoms with E-state index in [9.17, 15) is 4.79 Å². The number of aromatic nitrogens is 2. The number of nitrogens with zero attached hydrogens (tertiary/aromatic N) is 3. The van der Waals surface area contributed by atoms with Crippen LogP contribution in [0.4, 0.5) is 4.79 Å². The summed E-state index contributed by atoms with van der Waals surface area (Å²) in [5, 5.41) is 0. The second kappa shape index (κ2) is 9.34. The monoisotopic (exact) mass is 480 g/mol. The van der Waals surface area contributed by atoms with Crippen molar-refractivity contribution in [3.63, 3.8) is 0 Å². The highest BCUT2D eigenvalue weighted by Gasteiger charge is 2.32. The molecule has 1 N–H and O–H groups in total. The Labute approximate surface area is 211 Å². The van der Waals surface area contributed by atoms with Crippen LogP contribution in [0.1, 0.15) is 47.8 Å². The lowest BCUT2D eigenvalue weighted by atomic mass is 9.92. The van der Waals surface area contributed by atoms with Gasteiger partial charge in [-0.2, -0.15) is 0 Å². The fraction of sp³-hybridized carbons (Fsp3) is 0.333. The van der Waals surface area contributed by atoms with E-state index < -0.39 is 0 Å². The highest BCUT2D eigenvalue weighted by atomic mass is 16.5.